The van der Waals surface area contributed by atoms with Crippen molar-refractivity contribution in [2.24, 2.45) is 5.73 Å². The zero-order valence-corrected chi connectivity index (χ0v) is 15.8. The zero-order chi connectivity index (χ0) is 19.3. The lowest BCUT2D eigenvalue weighted by atomic mass is 10.0. The summed E-state index contributed by atoms with van der Waals surface area (Å²) in [6, 6.07) is 2.15. The highest BCUT2D eigenvalue weighted by Crippen LogP contribution is 2.23. The first-order valence-electron chi connectivity index (χ1n) is 8.21. The molecule has 0 spiro atoms. The molecule has 0 saturated carbocycles. The lowest BCUT2D eigenvalue weighted by Gasteiger charge is -2.26. The van der Waals surface area contributed by atoms with Crippen LogP contribution in [0.2, 0.25) is 0 Å². The van der Waals surface area contributed by atoms with Crippen LogP contribution in [-0.2, 0) is 14.3 Å². The second-order valence-corrected chi connectivity index (χ2v) is 6.74. The summed E-state index contributed by atoms with van der Waals surface area (Å²) in [4.78, 5) is 25.3. The largest absolute Gasteiger partial charge is 0.480 e. The first kappa shape index (κ1) is 20.9. The molecule has 25 heavy (non-hydrogen) atoms. The molecule has 0 saturated heterocycles. The van der Waals surface area contributed by atoms with Crippen LogP contribution in [0.4, 0.5) is 5.69 Å². The normalized spacial score (nSPS) is 14.7. The van der Waals surface area contributed by atoms with Crippen molar-refractivity contribution in [2.45, 2.75) is 45.9 Å². The minimum absolute atomic E-state index is 0.231. The molecule has 1 aromatic rings. The molecule has 140 valence electrons. The highest BCUT2D eigenvalue weighted by molar-refractivity contribution is 5.81. The molecule has 0 aliphatic rings. The van der Waals surface area contributed by atoms with E-state index in [1.54, 1.807) is 25.9 Å². The van der Waals surface area contributed by atoms with Gasteiger partial charge in [0.05, 0.1) is 0 Å². The molecule has 0 aliphatic heterocycles. The van der Waals surface area contributed by atoms with Gasteiger partial charge in [0.15, 0.2) is 0 Å². The number of carbonyl (C=O) groups is 2. The van der Waals surface area contributed by atoms with Crippen molar-refractivity contribution < 1.29 is 19.4 Å². The number of ether oxygens (including phenoxy) is 1. The van der Waals surface area contributed by atoms with Crippen LogP contribution in [0.15, 0.2) is 12.1 Å². The van der Waals surface area contributed by atoms with Gasteiger partial charge < -0.3 is 25.8 Å². The van der Waals surface area contributed by atoms with Gasteiger partial charge in [-0.2, -0.15) is 0 Å². The highest BCUT2D eigenvalue weighted by Gasteiger charge is 2.30. The van der Waals surface area contributed by atoms with Crippen molar-refractivity contribution in [2.75, 3.05) is 26.0 Å². The molecule has 1 rings (SSSR count). The third-order valence-electron chi connectivity index (χ3n) is 3.89. The number of benzene rings is 1. The average Bonchev–Trinajstić information content (AvgIpc) is 2.48. The third-order valence-corrected chi connectivity index (χ3v) is 3.89. The Hall–Kier alpha value is -2.12. The maximum absolute atomic E-state index is 12.4. The van der Waals surface area contributed by atoms with Crippen LogP contribution in [0.25, 0.3) is 0 Å². The summed E-state index contributed by atoms with van der Waals surface area (Å²) >= 11 is 0. The molecule has 0 radical (unpaired) electrons. The molecule has 0 amide bonds. The highest BCUT2D eigenvalue weighted by atomic mass is 16.5. The fraction of sp³-hybridized carbons (Fsp3) is 0.556. The smallest absolute Gasteiger partial charge is 0.328 e. The summed E-state index contributed by atoms with van der Waals surface area (Å²) in [5.74, 6) is -1.74. The van der Waals surface area contributed by atoms with Crippen molar-refractivity contribution in [1.82, 2.24) is 4.90 Å². The first-order chi connectivity index (χ1) is 11.5. The van der Waals surface area contributed by atoms with Crippen LogP contribution in [0.5, 0.6) is 0 Å². The minimum Gasteiger partial charge on any atom is -0.480 e. The number of nitrogens with zero attached hydrogens (tertiary/aromatic N) is 1. The molecule has 3 atom stereocenters. The molecule has 0 aliphatic carbocycles. The van der Waals surface area contributed by atoms with E-state index < -0.39 is 30.1 Å². The lowest BCUT2D eigenvalue weighted by Crippen LogP contribution is -2.50. The van der Waals surface area contributed by atoms with Gasteiger partial charge in [-0.25, -0.2) is 4.79 Å². The van der Waals surface area contributed by atoms with E-state index in [0.717, 1.165) is 22.4 Å². The van der Waals surface area contributed by atoms with Gasteiger partial charge in [-0.05, 0) is 52.9 Å². The van der Waals surface area contributed by atoms with Crippen LogP contribution in [-0.4, -0.2) is 60.8 Å². The number of anilines is 1. The van der Waals surface area contributed by atoms with Gasteiger partial charge in [0.1, 0.15) is 18.2 Å². The number of hydrogen-bond donors (Lipinski definition) is 3. The SMILES string of the molecule is Cc1cc(C)c(N[C@@H](C)C(=O)OC(CN(C)C)C(N)C(=O)O)c(C)c1. The Morgan fingerprint density at radius 3 is 2.20 bits per heavy atom. The Morgan fingerprint density at radius 1 is 1.24 bits per heavy atom. The molecule has 7 nitrogen and oxygen atoms in total. The maximum Gasteiger partial charge on any atom is 0.328 e. The van der Waals surface area contributed by atoms with Crippen molar-refractivity contribution in [3.63, 3.8) is 0 Å². The van der Waals surface area contributed by atoms with E-state index in [1.165, 1.54) is 0 Å². The third kappa shape index (κ3) is 6.03. The predicted octanol–water partition coefficient (Wildman–Crippen LogP) is 1.30. The van der Waals surface area contributed by atoms with Gasteiger partial charge in [0.25, 0.3) is 0 Å². The Labute approximate surface area is 149 Å². The number of nitrogens with two attached hydrogens (primary N) is 1. The number of hydrogen-bond acceptors (Lipinski definition) is 6. The number of rotatable bonds is 8. The summed E-state index contributed by atoms with van der Waals surface area (Å²) in [5, 5.41) is 12.3. The quantitative estimate of drug-likeness (QED) is 0.606. The molecule has 0 aromatic heterocycles. The van der Waals surface area contributed by atoms with Crippen LogP contribution in [0.1, 0.15) is 23.6 Å². The number of nitrogens with one attached hydrogen (secondary N) is 1. The Kier molecular flexibility index (Phi) is 7.38. The van der Waals surface area contributed by atoms with Crippen LogP contribution >= 0.6 is 0 Å². The van der Waals surface area contributed by atoms with Crippen LogP contribution in [0.3, 0.4) is 0 Å². The Morgan fingerprint density at radius 2 is 1.76 bits per heavy atom. The molecule has 0 fully saturated rings. The molecule has 4 N–H and O–H groups in total. The van der Waals surface area contributed by atoms with Gasteiger partial charge in [-0.15, -0.1) is 0 Å². The molecule has 7 heteroatoms. The summed E-state index contributed by atoms with van der Waals surface area (Å²) in [6.07, 6.45) is -0.926. The van der Waals surface area contributed by atoms with Crippen molar-refractivity contribution >= 4 is 17.6 Å². The van der Waals surface area contributed by atoms with E-state index in [9.17, 15) is 9.59 Å². The second kappa shape index (κ2) is 8.82. The Bertz CT molecular complexity index is 608. The number of aliphatic carboxylic acids is 1. The monoisotopic (exact) mass is 351 g/mol. The van der Waals surface area contributed by atoms with Gasteiger partial charge in [0.2, 0.25) is 0 Å². The number of carboxylic acid groups (broad SMARTS) is 1. The predicted molar refractivity (Wildman–Crippen MR) is 97.8 cm³/mol. The number of carbonyl (C=O) groups excluding carboxylic acids is 1. The van der Waals surface area contributed by atoms with E-state index in [0.29, 0.717) is 0 Å². The van der Waals surface area contributed by atoms with Gasteiger partial charge in [0, 0.05) is 12.2 Å². The fourth-order valence-electron chi connectivity index (χ4n) is 2.68. The number of esters is 1. The van der Waals surface area contributed by atoms with Crippen molar-refractivity contribution in [3.8, 4) is 0 Å². The van der Waals surface area contributed by atoms with E-state index in [2.05, 4.69) is 5.32 Å². The van der Waals surface area contributed by atoms with E-state index in [-0.39, 0.29) is 6.54 Å². The van der Waals surface area contributed by atoms with Crippen LogP contribution < -0.4 is 11.1 Å². The number of likely N-dealkylation sites (N-methyl/N-ethyl adjacent to an activating group) is 1. The standard InChI is InChI=1S/C18H29N3O4/c1-10-7-11(2)16(12(3)8-10)20-13(4)18(24)25-14(9-21(5)6)15(19)17(22)23/h7-8,13-15,20H,9,19H2,1-6H3,(H,22,23)/t13-,14?,15?/m0/s1. The minimum atomic E-state index is -1.28. The van der Waals surface area contributed by atoms with Gasteiger partial charge >= 0.3 is 11.9 Å². The fourth-order valence-corrected chi connectivity index (χ4v) is 2.68. The number of carboxylic acids is 1. The first-order valence-corrected chi connectivity index (χ1v) is 8.21. The summed E-state index contributed by atoms with van der Waals surface area (Å²) in [5.41, 5.74) is 9.74. The molecule has 0 heterocycles. The molecule has 1 aromatic carbocycles. The topological polar surface area (TPSA) is 105 Å². The molecular formula is C18H29N3O4. The molecule has 2 unspecified atom stereocenters. The number of aryl methyl sites for hydroxylation is 3. The van der Waals surface area contributed by atoms with E-state index >= 15 is 0 Å². The van der Waals surface area contributed by atoms with Crippen molar-refractivity contribution in [3.05, 3.63) is 28.8 Å². The van der Waals surface area contributed by atoms with Gasteiger partial charge in [-0.3, -0.25) is 4.79 Å². The van der Waals surface area contributed by atoms with Gasteiger partial charge in [-0.1, -0.05) is 17.7 Å². The molecular weight excluding hydrogens is 322 g/mol. The second-order valence-electron chi connectivity index (χ2n) is 6.74. The molecule has 0 bridgehead atoms. The summed E-state index contributed by atoms with van der Waals surface area (Å²) in [7, 11) is 3.52. The summed E-state index contributed by atoms with van der Waals surface area (Å²) in [6.45, 7) is 7.86. The maximum atomic E-state index is 12.4. The zero-order valence-electron chi connectivity index (χ0n) is 15.8. The van der Waals surface area contributed by atoms with E-state index in [1.807, 2.05) is 32.9 Å². The lowest BCUT2D eigenvalue weighted by molar-refractivity contribution is -0.155. The van der Waals surface area contributed by atoms with Crippen molar-refractivity contribution in [1.29, 1.82) is 0 Å². The average molecular weight is 351 g/mol. The Balaban J connectivity index is 2.85. The summed E-state index contributed by atoms with van der Waals surface area (Å²) < 4.78 is 5.37. The van der Waals surface area contributed by atoms with E-state index in [4.69, 9.17) is 15.6 Å². The van der Waals surface area contributed by atoms with Crippen LogP contribution in [0, 0.1) is 20.8 Å².